The van der Waals surface area contributed by atoms with E-state index in [0.29, 0.717) is 5.52 Å². The van der Waals surface area contributed by atoms with Crippen LogP contribution in [0, 0.1) is 0 Å². The van der Waals surface area contributed by atoms with Crippen LogP contribution in [0.1, 0.15) is 27.5 Å². The summed E-state index contributed by atoms with van der Waals surface area (Å²) in [5.74, 6) is -0.970. The number of aromatic nitrogens is 3. The van der Waals surface area contributed by atoms with E-state index < -0.39 is 5.97 Å². The third-order valence-corrected chi connectivity index (χ3v) is 4.11. The Morgan fingerprint density at radius 2 is 1.81 bits per heavy atom. The van der Waals surface area contributed by atoms with Gasteiger partial charge in [-0.15, -0.1) is 5.10 Å². The van der Waals surface area contributed by atoms with Gasteiger partial charge in [0.2, 0.25) is 0 Å². The van der Waals surface area contributed by atoms with Crippen molar-refractivity contribution in [1.29, 1.82) is 0 Å². The Morgan fingerprint density at radius 3 is 2.48 bits per heavy atom. The van der Waals surface area contributed by atoms with Gasteiger partial charge in [-0.05, 0) is 36.1 Å². The second-order valence-electron chi connectivity index (χ2n) is 5.34. The first-order valence-corrected chi connectivity index (χ1v) is 6.88. The highest BCUT2D eigenvalue weighted by molar-refractivity contribution is 6.00. The van der Waals surface area contributed by atoms with Crippen LogP contribution in [0.4, 0.5) is 0 Å². The number of benzene rings is 2. The normalized spacial score (nSPS) is 14.5. The second-order valence-corrected chi connectivity index (χ2v) is 5.34. The van der Waals surface area contributed by atoms with E-state index in [2.05, 4.69) is 22.4 Å². The fraction of sp³-hybridized carbons (Fsp3) is 0.188. The average molecular weight is 279 g/mol. The van der Waals surface area contributed by atoms with E-state index in [-0.39, 0.29) is 11.6 Å². The van der Waals surface area contributed by atoms with Crippen molar-refractivity contribution in [2.45, 2.75) is 18.9 Å². The Hall–Kier alpha value is -2.69. The number of rotatable bonds is 2. The van der Waals surface area contributed by atoms with Crippen LogP contribution < -0.4 is 0 Å². The molecule has 0 saturated carbocycles. The summed E-state index contributed by atoms with van der Waals surface area (Å²) in [5, 5.41) is 17.5. The van der Waals surface area contributed by atoms with Gasteiger partial charge in [0.1, 0.15) is 5.52 Å². The van der Waals surface area contributed by atoms with Gasteiger partial charge in [0.15, 0.2) is 0 Å². The minimum Gasteiger partial charge on any atom is -0.478 e. The van der Waals surface area contributed by atoms with Crippen molar-refractivity contribution < 1.29 is 9.90 Å². The zero-order valence-corrected chi connectivity index (χ0v) is 11.2. The molecule has 1 heterocycles. The molecule has 0 saturated heterocycles. The lowest BCUT2D eigenvalue weighted by Crippen LogP contribution is -2.10. The first-order chi connectivity index (χ1) is 10.2. The maximum Gasteiger partial charge on any atom is 0.338 e. The molecule has 0 amide bonds. The number of hydrogen-bond acceptors (Lipinski definition) is 3. The van der Waals surface area contributed by atoms with Gasteiger partial charge in [0.25, 0.3) is 0 Å². The first kappa shape index (κ1) is 12.1. The summed E-state index contributed by atoms with van der Waals surface area (Å²) in [6.07, 6.45) is 1.82. The molecule has 0 atom stereocenters. The summed E-state index contributed by atoms with van der Waals surface area (Å²) >= 11 is 0. The lowest BCUT2D eigenvalue weighted by atomic mass is 10.1. The van der Waals surface area contributed by atoms with Crippen molar-refractivity contribution in [2.24, 2.45) is 0 Å². The largest absolute Gasteiger partial charge is 0.478 e. The fourth-order valence-corrected chi connectivity index (χ4v) is 3.11. The van der Waals surface area contributed by atoms with Crippen LogP contribution in [0.5, 0.6) is 0 Å². The van der Waals surface area contributed by atoms with E-state index >= 15 is 0 Å². The smallest absolute Gasteiger partial charge is 0.338 e. The van der Waals surface area contributed by atoms with Crippen LogP contribution in [-0.4, -0.2) is 26.1 Å². The maximum atomic E-state index is 11.2. The number of carbonyl (C=O) groups is 1. The summed E-state index contributed by atoms with van der Waals surface area (Å²) in [5.41, 5.74) is 4.11. The Kier molecular flexibility index (Phi) is 2.54. The molecule has 5 nitrogen and oxygen atoms in total. The molecule has 0 spiro atoms. The van der Waals surface area contributed by atoms with Gasteiger partial charge in [0.05, 0.1) is 17.1 Å². The zero-order chi connectivity index (χ0) is 14.4. The number of carboxylic acid groups (broad SMARTS) is 1. The summed E-state index contributed by atoms with van der Waals surface area (Å²) in [7, 11) is 0. The highest BCUT2D eigenvalue weighted by Crippen LogP contribution is 2.31. The molecule has 2 aromatic carbocycles. The van der Waals surface area contributed by atoms with Gasteiger partial charge >= 0.3 is 5.97 Å². The van der Waals surface area contributed by atoms with Crippen molar-refractivity contribution in [3.05, 3.63) is 59.2 Å². The third kappa shape index (κ3) is 1.81. The highest BCUT2D eigenvalue weighted by atomic mass is 16.4. The van der Waals surface area contributed by atoms with Gasteiger partial charge in [-0.25, -0.2) is 9.48 Å². The van der Waals surface area contributed by atoms with Crippen molar-refractivity contribution in [3.63, 3.8) is 0 Å². The summed E-state index contributed by atoms with van der Waals surface area (Å²) in [6.45, 7) is 0. The zero-order valence-electron chi connectivity index (χ0n) is 11.2. The molecule has 1 aliphatic rings. The van der Waals surface area contributed by atoms with E-state index in [0.717, 1.165) is 18.4 Å². The molecule has 0 radical (unpaired) electrons. The Balaban J connectivity index is 1.80. The van der Waals surface area contributed by atoms with Crippen LogP contribution in [0.15, 0.2) is 42.5 Å². The number of aromatic carboxylic acids is 1. The molecular weight excluding hydrogens is 266 g/mol. The highest BCUT2D eigenvalue weighted by Gasteiger charge is 2.25. The van der Waals surface area contributed by atoms with Crippen LogP contribution in [0.2, 0.25) is 0 Å². The third-order valence-electron chi connectivity index (χ3n) is 4.11. The van der Waals surface area contributed by atoms with Crippen LogP contribution in [-0.2, 0) is 12.8 Å². The van der Waals surface area contributed by atoms with E-state index in [9.17, 15) is 9.90 Å². The average Bonchev–Trinajstić information content (AvgIpc) is 3.09. The molecule has 0 bridgehead atoms. The van der Waals surface area contributed by atoms with E-state index in [1.54, 1.807) is 12.1 Å². The number of carboxylic acids is 1. The van der Waals surface area contributed by atoms with Gasteiger partial charge < -0.3 is 5.11 Å². The Bertz CT molecular complexity index is 829. The predicted molar refractivity (Wildman–Crippen MR) is 77.4 cm³/mol. The van der Waals surface area contributed by atoms with E-state index in [4.69, 9.17) is 0 Å². The molecule has 21 heavy (non-hydrogen) atoms. The molecule has 0 fully saturated rings. The molecule has 4 rings (SSSR count). The Morgan fingerprint density at radius 1 is 1.10 bits per heavy atom. The van der Waals surface area contributed by atoms with Crippen LogP contribution in [0.25, 0.3) is 11.0 Å². The number of hydrogen-bond donors (Lipinski definition) is 1. The predicted octanol–water partition coefficient (Wildman–Crippen LogP) is 2.47. The molecule has 1 aromatic heterocycles. The molecule has 1 N–H and O–H groups in total. The van der Waals surface area contributed by atoms with E-state index in [1.165, 1.54) is 11.1 Å². The minimum atomic E-state index is -0.970. The van der Waals surface area contributed by atoms with Gasteiger partial charge in [0, 0.05) is 0 Å². The summed E-state index contributed by atoms with van der Waals surface area (Å²) in [4.78, 5) is 11.2. The maximum absolute atomic E-state index is 11.2. The second kappa shape index (κ2) is 4.41. The van der Waals surface area contributed by atoms with Crippen molar-refractivity contribution >= 4 is 17.0 Å². The molecular formula is C16H13N3O2. The summed E-state index contributed by atoms with van der Waals surface area (Å²) in [6, 6.07) is 13.8. The monoisotopic (exact) mass is 279 g/mol. The van der Waals surface area contributed by atoms with E-state index in [1.807, 2.05) is 22.9 Å². The number of nitrogens with zero attached hydrogens (tertiary/aromatic N) is 3. The van der Waals surface area contributed by atoms with Gasteiger partial charge in [-0.2, -0.15) is 0 Å². The minimum absolute atomic E-state index is 0.203. The molecule has 5 heteroatoms. The topological polar surface area (TPSA) is 68.0 Å². The lowest BCUT2D eigenvalue weighted by Gasteiger charge is -2.10. The number of fused-ring (bicyclic) bond motifs is 2. The molecule has 1 aliphatic carbocycles. The van der Waals surface area contributed by atoms with Crippen LogP contribution in [0.3, 0.4) is 0 Å². The standard InChI is InChI=1S/C16H13N3O2/c20-16(21)13-6-3-7-14-15(13)17-18-19(14)12-8-10-4-1-2-5-11(10)9-12/h1-7,12H,8-9H2,(H,20,21). The molecule has 0 unspecified atom stereocenters. The van der Waals surface area contributed by atoms with Crippen molar-refractivity contribution in [1.82, 2.24) is 15.0 Å². The molecule has 104 valence electrons. The fourth-order valence-electron chi connectivity index (χ4n) is 3.11. The molecule has 3 aromatic rings. The molecule has 0 aliphatic heterocycles. The Labute approximate surface area is 120 Å². The van der Waals surface area contributed by atoms with Crippen LogP contribution >= 0.6 is 0 Å². The van der Waals surface area contributed by atoms with Gasteiger partial charge in [-0.1, -0.05) is 35.5 Å². The summed E-state index contributed by atoms with van der Waals surface area (Å²) < 4.78 is 1.86. The quantitative estimate of drug-likeness (QED) is 0.782. The van der Waals surface area contributed by atoms with Crippen molar-refractivity contribution in [3.8, 4) is 0 Å². The first-order valence-electron chi connectivity index (χ1n) is 6.88. The van der Waals surface area contributed by atoms with Crippen molar-refractivity contribution in [2.75, 3.05) is 0 Å². The van der Waals surface area contributed by atoms with Gasteiger partial charge in [-0.3, -0.25) is 0 Å². The SMILES string of the molecule is O=C(O)c1cccc2c1nnn2C1Cc2ccccc2C1. The lowest BCUT2D eigenvalue weighted by molar-refractivity contribution is 0.0699.